The molecule has 1 fully saturated rings. The molecule has 0 aliphatic carbocycles. The quantitative estimate of drug-likeness (QED) is 0.734. The summed E-state index contributed by atoms with van der Waals surface area (Å²) in [7, 11) is 4.68. The van der Waals surface area contributed by atoms with E-state index < -0.39 is 29.7 Å². The number of fused-ring (bicyclic) bond motifs is 1. The van der Waals surface area contributed by atoms with Gasteiger partial charge in [0.25, 0.3) is 23.0 Å². The molecule has 1 saturated heterocycles. The zero-order valence-corrected chi connectivity index (χ0v) is 15.1. The van der Waals surface area contributed by atoms with E-state index in [9.17, 15) is 22.8 Å². The molecule has 2 aliphatic heterocycles. The highest BCUT2D eigenvalue weighted by Gasteiger charge is 2.51. The van der Waals surface area contributed by atoms with Gasteiger partial charge >= 0.3 is 12.2 Å². The molecule has 1 aromatic carbocycles. The molecule has 0 radical (unpaired) electrons. The van der Waals surface area contributed by atoms with Crippen LogP contribution >= 0.6 is 11.8 Å². The molecule has 2 aliphatic rings. The molecule has 3 amide bonds. The van der Waals surface area contributed by atoms with E-state index in [1.54, 1.807) is 18.7 Å². The van der Waals surface area contributed by atoms with Crippen molar-refractivity contribution < 1.29 is 27.3 Å². The Balaban J connectivity index is 1.76. The SMILES string of the molecule is CN1C(=O)C2N=C(SCc3ccc(C(F)(F)F)cc3)[N+](C)=C2N(C)C1=O. The maximum atomic E-state index is 12.6. The lowest BCUT2D eigenvalue weighted by Crippen LogP contribution is -2.59. The number of hydrogen-bond donors (Lipinski definition) is 0. The molecule has 10 heteroatoms. The molecule has 2 heterocycles. The number of nitrogens with zero attached hydrogens (tertiary/aromatic N) is 4. The van der Waals surface area contributed by atoms with Gasteiger partial charge in [-0.05, 0) is 29.5 Å². The highest BCUT2D eigenvalue weighted by Crippen LogP contribution is 2.30. The van der Waals surface area contributed by atoms with Crippen LogP contribution in [-0.2, 0) is 16.7 Å². The van der Waals surface area contributed by atoms with Gasteiger partial charge in [-0.3, -0.25) is 9.69 Å². The van der Waals surface area contributed by atoms with Gasteiger partial charge in [-0.1, -0.05) is 12.1 Å². The predicted molar refractivity (Wildman–Crippen MR) is 91.1 cm³/mol. The number of alkyl halides is 3. The zero-order valence-electron chi connectivity index (χ0n) is 14.2. The third-order valence-corrected chi connectivity index (χ3v) is 5.36. The van der Waals surface area contributed by atoms with Crippen molar-refractivity contribution >= 4 is 34.7 Å². The summed E-state index contributed by atoms with van der Waals surface area (Å²) in [6.07, 6.45) is -4.36. The Morgan fingerprint density at radius 2 is 1.77 bits per heavy atom. The van der Waals surface area contributed by atoms with E-state index in [1.165, 1.54) is 35.8 Å². The molecule has 1 unspecified atom stereocenters. The van der Waals surface area contributed by atoms with Crippen molar-refractivity contribution in [2.24, 2.45) is 4.99 Å². The van der Waals surface area contributed by atoms with Crippen molar-refractivity contribution in [1.29, 1.82) is 0 Å². The van der Waals surface area contributed by atoms with Crippen LogP contribution in [0.4, 0.5) is 18.0 Å². The molecule has 6 nitrogen and oxygen atoms in total. The Morgan fingerprint density at radius 3 is 2.35 bits per heavy atom. The first-order valence-corrected chi connectivity index (χ1v) is 8.62. The number of likely N-dealkylation sites (N-methyl/N-ethyl adjacent to an activating group) is 2. The molecule has 0 bridgehead atoms. The molecule has 138 valence electrons. The average Bonchev–Trinajstić information content (AvgIpc) is 2.92. The topological polar surface area (TPSA) is 56.0 Å². The van der Waals surface area contributed by atoms with Crippen molar-refractivity contribution in [3.8, 4) is 0 Å². The van der Waals surface area contributed by atoms with Crippen molar-refractivity contribution in [2.45, 2.75) is 18.0 Å². The second kappa shape index (κ2) is 6.42. The lowest BCUT2D eigenvalue weighted by atomic mass is 10.1. The second-order valence-corrected chi connectivity index (χ2v) is 6.90. The number of urea groups is 1. The Hall–Kier alpha value is -2.36. The minimum Gasteiger partial charge on any atom is -0.269 e. The van der Waals surface area contributed by atoms with E-state index in [4.69, 9.17) is 0 Å². The van der Waals surface area contributed by atoms with E-state index in [0.717, 1.165) is 17.0 Å². The van der Waals surface area contributed by atoms with Crippen LogP contribution in [0, 0.1) is 0 Å². The van der Waals surface area contributed by atoms with Gasteiger partial charge in [0.1, 0.15) is 0 Å². The van der Waals surface area contributed by atoms with Crippen LogP contribution in [-0.4, -0.2) is 64.5 Å². The van der Waals surface area contributed by atoms with Crippen molar-refractivity contribution in [1.82, 2.24) is 9.80 Å². The first-order chi connectivity index (χ1) is 12.1. The first kappa shape index (κ1) is 18.4. The lowest BCUT2D eigenvalue weighted by molar-refractivity contribution is -0.367. The van der Waals surface area contributed by atoms with Gasteiger partial charge < -0.3 is 0 Å². The summed E-state index contributed by atoms with van der Waals surface area (Å²) in [5.41, 5.74) is 0.00349. The molecular formula is C16H16F3N4O2S+. The smallest absolute Gasteiger partial charge is 0.269 e. The van der Waals surface area contributed by atoms with E-state index in [1.807, 2.05) is 0 Å². The number of amides is 3. The summed E-state index contributed by atoms with van der Waals surface area (Å²) in [4.78, 5) is 31.1. The number of aliphatic imine (C=N–C) groups is 1. The lowest BCUT2D eigenvalue weighted by Gasteiger charge is -2.27. The first-order valence-electron chi connectivity index (χ1n) is 7.64. The monoisotopic (exact) mass is 385 g/mol. The Kier molecular flexibility index (Phi) is 4.55. The van der Waals surface area contributed by atoms with Crippen LogP contribution in [0.3, 0.4) is 0 Å². The third kappa shape index (κ3) is 3.09. The van der Waals surface area contributed by atoms with Gasteiger partial charge in [-0.25, -0.2) is 14.3 Å². The minimum absolute atomic E-state index is 0.392. The number of thioether (sulfide) groups is 1. The summed E-state index contributed by atoms with van der Waals surface area (Å²) in [6, 6.07) is 3.70. The molecule has 0 saturated carbocycles. The second-order valence-electron chi connectivity index (χ2n) is 5.95. The molecule has 1 aromatic rings. The highest BCUT2D eigenvalue weighted by atomic mass is 32.2. The van der Waals surface area contributed by atoms with Crippen molar-refractivity contribution in [3.05, 3.63) is 35.4 Å². The average molecular weight is 385 g/mol. The van der Waals surface area contributed by atoms with Crippen LogP contribution < -0.4 is 0 Å². The summed E-state index contributed by atoms with van der Waals surface area (Å²) in [5, 5.41) is 0.535. The molecule has 3 rings (SSSR count). The number of imide groups is 1. The zero-order chi connectivity index (χ0) is 19.2. The molecule has 0 aromatic heterocycles. The van der Waals surface area contributed by atoms with Crippen LogP contribution in [0.1, 0.15) is 11.1 Å². The molecule has 1 atom stereocenters. The van der Waals surface area contributed by atoms with Gasteiger partial charge in [0.05, 0.1) is 19.7 Å². The number of benzene rings is 1. The maximum absolute atomic E-state index is 12.6. The molecule has 0 spiro atoms. The maximum Gasteiger partial charge on any atom is 0.416 e. The molecule has 0 N–H and O–H groups in total. The Morgan fingerprint density at radius 1 is 1.15 bits per heavy atom. The van der Waals surface area contributed by atoms with Crippen molar-refractivity contribution in [2.75, 3.05) is 21.1 Å². The Labute approximate surface area is 152 Å². The van der Waals surface area contributed by atoms with Crippen LogP contribution in [0.2, 0.25) is 0 Å². The van der Waals surface area contributed by atoms with Gasteiger partial charge in [0.15, 0.2) is 0 Å². The summed E-state index contributed by atoms with van der Waals surface area (Å²) >= 11 is 1.30. The fourth-order valence-electron chi connectivity index (χ4n) is 2.78. The van der Waals surface area contributed by atoms with Gasteiger partial charge in [-0.2, -0.15) is 13.2 Å². The standard InChI is InChI=1S/C16H16F3N4O2S/c1-21-12-11(13(24)23(3)15(25)22(12)2)20-14(21)26-8-9-4-6-10(7-5-9)16(17,18)19/h4-7,11H,8H2,1-3H3/q+1. The van der Waals surface area contributed by atoms with Gasteiger partial charge in [-0.15, -0.1) is 4.99 Å². The third-order valence-electron chi connectivity index (χ3n) is 4.25. The predicted octanol–water partition coefficient (Wildman–Crippen LogP) is 2.24. The number of carbonyl (C=O) groups excluding carboxylic acids is 2. The number of halogens is 3. The fourth-order valence-corrected chi connectivity index (χ4v) is 3.74. The van der Waals surface area contributed by atoms with Crippen LogP contribution in [0.25, 0.3) is 0 Å². The summed E-state index contributed by atoms with van der Waals surface area (Å²) < 4.78 is 39.5. The normalized spacial score (nSPS) is 20.7. The van der Waals surface area contributed by atoms with E-state index in [0.29, 0.717) is 22.3 Å². The summed E-state index contributed by atoms with van der Waals surface area (Å²) in [6.45, 7) is 0. The number of amidine groups is 2. The molecule has 26 heavy (non-hydrogen) atoms. The minimum atomic E-state index is -4.36. The number of rotatable bonds is 2. The highest BCUT2D eigenvalue weighted by molar-refractivity contribution is 8.12. The fraction of sp³-hybridized carbons (Fsp3) is 0.375. The largest absolute Gasteiger partial charge is 0.416 e. The van der Waals surface area contributed by atoms with E-state index in [2.05, 4.69) is 4.99 Å². The summed E-state index contributed by atoms with van der Waals surface area (Å²) in [5.74, 6) is 0.469. The van der Waals surface area contributed by atoms with Crippen LogP contribution in [0.15, 0.2) is 29.3 Å². The van der Waals surface area contributed by atoms with Crippen LogP contribution in [0.5, 0.6) is 0 Å². The van der Waals surface area contributed by atoms with E-state index in [-0.39, 0.29) is 0 Å². The van der Waals surface area contributed by atoms with Crippen molar-refractivity contribution in [3.63, 3.8) is 0 Å². The van der Waals surface area contributed by atoms with Gasteiger partial charge in [0, 0.05) is 12.8 Å². The number of carbonyl (C=O) groups is 2. The van der Waals surface area contributed by atoms with E-state index >= 15 is 0 Å². The Bertz CT molecular complexity index is 833. The van der Waals surface area contributed by atoms with Gasteiger partial charge in [0.2, 0.25) is 0 Å². The molecular weight excluding hydrogens is 369 g/mol. The number of hydrogen-bond acceptors (Lipinski definition) is 4.